The highest BCUT2D eigenvalue weighted by atomic mass is 14.9. The van der Waals surface area contributed by atoms with E-state index < -0.39 is 0 Å². The van der Waals surface area contributed by atoms with E-state index in [1.807, 2.05) is 6.20 Å². The molecule has 0 spiro atoms. The van der Waals surface area contributed by atoms with Gasteiger partial charge in [-0.05, 0) is 25.7 Å². The molecule has 3 N–H and O–H groups in total. The summed E-state index contributed by atoms with van der Waals surface area (Å²) in [6, 6.07) is 0. The van der Waals surface area contributed by atoms with E-state index in [-0.39, 0.29) is 5.54 Å². The van der Waals surface area contributed by atoms with Crippen LogP contribution in [0.25, 0.3) is 0 Å². The Balaban J connectivity index is 1.90. The third-order valence-corrected chi connectivity index (χ3v) is 2.98. The molecule has 3 heteroatoms. The molecule has 1 aromatic rings. The van der Waals surface area contributed by atoms with E-state index in [1.165, 1.54) is 18.5 Å². The van der Waals surface area contributed by atoms with E-state index >= 15 is 0 Å². The summed E-state index contributed by atoms with van der Waals surface area (Å²) in [5.41, 5.74) is 7.41. The quantitative estimate of drug-likeness (QED) is 0.768. The van der Waals surface area contributed by atoms with E-state index in [1.54, 1.807) is 0 Å². The zero-order valence-electron chi connectivity index (χ0n) is 9.01. The Bertz CT molecular complexity index is 310. The second-order valence-corrected chi connectivity index (χ2v) is 4.81. The summed E-state index contributed by atoms with van der Waals surface area (Å²) in [5, 5.41) is 0. The fourth-order valence-electron chi connectivity index (χ4n) is 1.59. The fourth-order valence-corrected chi connectivity index (χ4v) is 1.59. The largest absolute Gasteiger partial charge is 0.346 e. The number of nitrogens with zero attached hydrogens (tertiary/aromatic N) is 1. The minimum atomic E-state index is 0.156. The summed E-state index contributed by atoms with van der Waals surface area (Å²) in [7, 11) is 0. The van der Waals surface area contributed by atoms with Crippen LogP contribution in [0.5, 0.6) is 0 Å². The molecule has 1 heterocycles. The summed E-state index contributed by atoms with van der Waals surface area (Å²) in [6.07, 6.45) is 6.46. The van der Waals surface area contributed by atoms with Crippen LogP contribution in [0.2, 0.25) is 0 Å². The molecule has 0 saturated heterocycles. The first-order chi connectivity index (χ1) is 6.59. The molecule has 2 rings (SSSR count). The Kier molecular flexibility index (Phi) is 2.35. The lowest BCUT2D eigenvalue weighted by Gasteiger charge is -2.05. The van der Waals surface area contributed by atoms with Crippen LogP contribution in [0.15, 0.2) is 6.20 Å². The van der Waals surface area contributed by atoms with Gasteiger partial charge in [-0.25, -0.2) is 4.98 Å². The van der Waals surface area contributed by atoms with E-state index in [2.05, 4.69) is 23.8 Å². The molecule has 1 aromatic heterocycles. The zero-order chi connectivity index (χ0) is 10.2. The normalized spacial score (nSPS) is 18.9. The molecule has 0 radical (unpaired) electrons. The Morgan fingerprint density at radius 2 is 2.29 bits per heavy atom. The number of H-pyrrole nitrogens is 1. The van der Waals surface area contributed by atoms with Crippen molar-refractivity contribution < 1.29 is 0 Å². The molecule has 0 aliphatic heterocycles. The molecule has 1 fully saturated rings. The number of rotatable bonds is 4. The summed E-state index contributed by atoms with van der Waals surface area (Å²) in [6.45, 7) is 4.29. The van der Waals surface area contributed by atoms with Crippen molar-refractivity contribution in [3.63, 3.8) is 0 Å². The van der Waals surface area contributed by atoms with Gasteiger partial charge >= 0.3 is 0 Å². The number of aromatic amines is 1. The van der Waals surface area contributed by atoms with Crippen molar-refractivity contribution in [3.8, 4) is 0 Å². The molecular formula is C11H19N3. The van der Waals surface area contributed by atoms with Gasteiger partial charge < -0.3 is 10.7 Å². The van der Waals surface area contributed by atoms with Crippen LogP contribution in [0, 0.1) is 0 Å². The van der Waals surface area contributed by atoms with E-state index in [4.69, 9.17) is 5.73 Å². The van der Waals surface area contributed by atoms with Gasteiger partial charge in [0, 0.05) is 23.3 Å². The van der Waals surface area contributed by atoms with Crippen molar-refractivity contribution in [1.29, 1.82) is 0 Å². The number of hydrogen-bond donors (Lipinski definition) is 2. The SMILES string of the molecule is CC(C)c1ncc(CCC2(N)CC2)[nH]1. The average molecular weight is 193 g/mol. The Labute approximate surface area is 85.1 Å². The second-order valence-electron chi connectivity index (χ2n) is 4.81. The van der Waals surface area contributed by atoms with Crippen LogP contribution in [0.1, 0.15) is 50.5 Å². The van der Waals surface area contributed by atoms with Crippen molar-refractivity contribution in [2.75, 3.05) is 0 Å². The van der Waals surface area contributed by atoms with Gasteiger partial charge in [-0.15, -0.1) is 0 Å². The third-order valence-electron chi connectivity index (χ3n) is 2.98. The first-order valence-electron chi connectivity index (χ1n) is 5.42. The van der Waals surface area contributed by atoms with E-state index in [9.17, 15) is 0 Å². The second kappa shape index (κ2) is 3.39. The van der Waals surface area contributed by atoms with Crippen molar-refractivity contribution in [3.05, 3.63) is 17.7 Å². The van der Waals surface area contributed by atoms with Gasteiger partial charge in [-0.2, -0.15) is 0 Å². The maximum Gasteiger partial charge on any atom is 0.108 e. The standard InChI is InChI=1S/C11H19N3/c1-8(2)10-13-7-9(14-10)3-4-11(12)5-6-11/h7-8H,3-6,12H2,1-2H3,(H,13,14). The van der Waals surface area contributed by atoms with Gasteiger partial charge in [0.1, 0.15) is 5.82 Å². The lowest BCUT2D eigenvalue weighted by molar-refractivity contribution is 0.603. The number of nitrogens with two attached hydrogens (primary N) is 1. The van der Waals surface area contributed by atoms with E-state index in [0.29, 0.717) is 5.92 Å². The third kappa shape index (κ3) is 2.15. The number of aryl methyl sites for hydroxylation is 1. The summed E-state index contributed by atoms with van der Waals surface area (Å²) in [4.78, 5) is 7.69. The predicted octanol–water partition coefficient (Wildman–Crippen LogP) is 1.96. The number of nitrogens with one attached hydrogen (secondary N) is 1. The molecule has 1 aliphatic rings. The number of hydrogen-bond acceptors (Lipinski definition) is 2. The number of imidazole rings is 1. The highest BCUT2D eigenvalue weighted by Crippen LogP contribution is 2.36. The van der Waals surface area contributed by atoms with Crippen molar-refractivity contribution in [1.82, 2.24) is 9.97 Å². The first-order valence-corrected chi connectivity index (χ1v) is 5.42. The van der Waals surface area contributed by atoms with Crippen LogP contribution >= 0.6 is 0 Å². The summed E-state index contributed by atoms with van der Waals surface area (Å²) in [5.74, 6) is 1.57. The van der Waals surface area contributed by atoms with Gasteiger partial charge in [-0.1, -0.05) is 13.8 Å². The molecule has 3 nitrogen and oxygen atoms in total. The van der Waals surface area contributed by atoms with Gasteiger partial charge in [0.2, 0.25) is 0 Å². The van der Waals surface area contributed by atoms with Crippen LogP contribution in [-0.4, -0.2) is 15.5 Å². The fraction of sp³-hybridized carbons (Fsp3) is 0.727. The lowest BCUT2D eigenvalue weighted by Crippen LogP contribution is -2.22. The molecule has 0 bridgehead atoms. The highest BCUT2D eigenvalue weighted by Gasteiger charge is 2.37. The van der Waals surface area contributed by atoms with Crippen LogP contribution in [0.3, 0.4) is 0 Å². The minimum absolute atomic E-state index is 0.156. The monoisotopic (exact) mass is 193 g/mol. The predicted molar refractivity (Wildman–Crippen MR) is 57.2 cm³/mol. The van der Waals surface area contributed by atoms with Crippen molar-refractivity contribution >= 4 is 0 Å². The molecule has 78 valence electrons. The first kappa shape index (κ1) is 9.71. The maximum absolute atomic E-state index is 6.03. The highest BCUT2D eigenvalue weighted by molar-refractivity contribution is 5.07. The summed E-state index contributed by atoms with van der Waals surface area (Å²) >= 11 is 0. The molecule has 0 aromatic carbocycles. The van der Waals surface area contributed by atoms with Gasteiger partial charge in [0.05, 0.1) is 0 Å². The molecule has 14 heavy (non-hydrogen) atoms. The van der Waals surface area contributed by atoms with Crippen LogP contribution < -0.4 is 5.73 Å². The molecule has 0 atom stereocenters. The molecule has 0 unspecified atom stereocenters. The zero-order valence-corrected chi connectivity index (χ0v) is 9.01. The van der Waals surface area contributed by atoms with Gasteiger partial charge in [0.25, 0.3) is 0 Å². The topological polar surface area (TPSA) is 54.7 Å². The van der Waals surface area contributed by atoms with Gasteiger partial charge in [0.15, 0.2) is 0 Å². The van der Waals surface area contributed by atoms with Crippen molar-refractivity contribution in [2.45, 2.75) is 51.0 Å². The summed E-state index contributed by atoms with van der Waals surface area (Å²) < 4.78 is 0. The van der Waals surface area contributed by atoms with E-state index in [0.717, 1.165) is 18.7 Å². The molecule has 1 aliphatic carbocycles. The average Bonchev–Trinajstić information content (AvgIpc) is 2.68. The van der Waals surface area contributed by atoms with Crippen LogP contribution in [-0.2, 0) is 6.42 Å². The number of aromatic nitrogens is 2. The minimum Gasteiger partial charge on any atom is -0.346 e. The van der Waals surface area contributed by atoms with Crippen LogP contribution in [0.4, 0.5) is 0 Å². The van der Waals surface area contributed by atoms with Gasteiger partial charge in [-0.3, -0.25) is 0 Å². The lowest BCUT2D eigenvalue weighted by atomic mass is 10.1. The smallest absolute Gasteiger partial charge is 0.108 e. The molecule has 1 saturated carbocycles. The Hall–Kier alpha value is -0.830. The Morgan fingerprint density at radius 1 is 1.57 bits per heavy atom. The van der Waals surface area contributed by atoms with Crippen molar-refractivity contribution in [2.24, 2.45) is 5.73 Å². The maximum atomic E-state index is 6.03. The molecule has 0 amide bonds. The molecular weight excluding hydrogens is 174 g/mol. The Morgan fingerprint density at radius 3 is 2.79 bits per heavy atom.